The van der Waals surface area contributed by atoms with Gasteiger partial charge in [0.25, 0.3) is 0 Å². The van der Waals surface area contributed by atoms with E-state index in [2.05, 4.69) is 25.8 Å². The second kappa shape index (κ2) is 15.7. The van der Waals surface area contributed by atoms with E-state index in [1.54, 1.807) is 29.3 Å². The quantitative estimate of drug-likeness (QED) is 0.194. The molecule has 3 atom stereocenters. The molecule has 282 valence electrons. The van der Waals surface area contributed by atoms with Gasteiger partial charge in [0, 0.05) is 87.1 Å². The summed E-state index contributed by atoms with van der Waals surface area (Å²) in [6.45, 7) is 6.12. The molecular formula is C40H43ClF2N8O3. The number of carbonyl (C=O) groups is 1. The van der Waals surface area contributed by atoms with Crippen molar-refractivity contribution >= 4 is 45.0 Å². The number of rotatable bonds is 9. The van der Waals surface area contributed by atoms with Crippen LogP contribution in [0.4, 0.5) is 14.6 Å². The molecule has 11 nitrogen and oxygen atoms in total. The topological polar surface area (TPSA) is 111 Å². The number of halogens is 3. The minimum absolute atomic E-state index is 0.0229. The zero-order chi connectivity index (χ0) is 37.2. The second-order valence-electron chi connectivity index (χ2n) is 14.7. The number of ether oxygens (including phenoxy) is 2. The number of pyridine rings is 1. The van der Waals surface area contributed by atoms with Crippen molar-refractivity contribution in [2.24, 2.45) is 0 Å². The number of nitriles is 1. The largest absolute Gasteiger partial charge is 0.461 e. The summed E-state index contributed by atoms with van der Waals surface area (Å²) in [5, 5.41) is 12.2. The van der Waals surface area contributed by atoms with Crippen molar-refractivity contribution < 1.29 is 23.0 Å². The second-order valence-corrected chi connectivity index (χ2v) is 15.1. The molecule has 0 radical (unpaired) electrons. The number of amides is 1. The molecule has 0 saturated carbocycles. The zero-order valence-corrected chi connectivity index (χ0v) is 30.9. The fourth-order valence-corrected chi connectivity index (χ4v) is 8.94. The van der Waals surface area contributed by atoms with Crippen LogP contribution in [-0.4, -0.2) is 125 Å². The van der Waals surface area contributed by atoms with Crippen LogP contribution in [0, 0.1) is 17.1 Å². The van der Waals surface area contributed by atoms with Gasteiger partial charge < -0.3 is 19.3 Å². The Morgan fingerprint density at radius 1 is 1.09 bits per heavy atom. The number of benzene rings is 2. The molecule has 0 spiro atoms. The van der Waals surface area contributed by atoms with E-state index in [0.717, 1.165) is 50.9 Å². The van der Waals surface area contributed by atoms with E-state index in [1.807, 2.05) is 35.2 Å². The lowest BCUT2D eigenvalue weighted by Crippen LogP contribution is -2.55. The number of piperazine rings is 1. The first-order valence-electron chi connectivity index (χ1n) is 18.8. The first kappa shape index (κ1) is 36.5. The van der Waals surface area contributed by atoms with E-state index < -0.39 is 23.6 Å². The number of alkyl halides is 1. The molecule has 54 heavy (non-hydrogen) atoms. The fraction of sp³-hybridized carbons (Fsp3) is 0.475. The predicted molar refractivity (Wildman–Crippen MR) is 203 cm³/mol. The average molecular weight is 757 g/mol. The summed E-state index contributed by atoms with van der Waals surface area (Å²) in [5.74, 6) is -0.414. The number of anilines is 1. The summed E-state index contributed by atoms with van der Waals surface area (Å²) in [7, 11) is 0. The number of carbonyl (C=O) groups excluding carboxylic acids is 1. The smallest absolute Gasteiger partial charge is 0.319 e. The van der Waals surface area contributed by atoms with Crippen molar-refractivity contribution in [1.82, 2.24) is 29.7 Å². The third kappa shape index (κ3) is 7.20. The van der Waals surface area contributed by atoms with Gasteiger partial charge in [0.1, 0.15) is 29.8 Å². The molecular weight excluding hydrogens is 714 g/mol. The Morgan fingerprint density at radius 3 is 2.83 bits per heavy atom. The van der Waals surface area contributed by atoms with Crippen LogP contribution in [0.15, 0.2) is 54.7 Å². The highest BCUT2D eigenvalue weighted by molar-refractivity contribution is 6.36. The highest BCUT2D eigenvalue weighted by Gasteiger charge is 2.49. The summed E-state index contributed by atoms with van der Waals surface area (Å²) >= 11 is 6.64. The Morgan fingerprint density at radius 2 is 1.96 bits per heavy atom. The average Bonchev–Trinajstić information content (AvgIpc) is 3.57. The van der Waals surface area contributed by atoms with Crippen LogP contribution >= 0.6 is 11.6 Å². The molecule has 0 N–H and O–H groups in total. The molecule has 4 aromatic rings. The highest BCUT2D eigenvalue weighted by atomic mass is 35.5. The first-order chi connectivity index (χ1) is 26.3. The SMILES string of the molecule is N#CC[C@H]1CN(c2nc(OC[C@@]34CCCN3C[C@H](F)C4)nc3c(F)c(-c4cccc5cccc(Cl)c45)ncc23)CCN1C(=O)/C=C/CN1CCCOCC1. The van der Waals surface area contributed by atoms with Crippen molar-refractivity contribution in [2.45, 2.75) is 49.9 Å². The molecule has 4 aliphatic heterocycles. The number of hydrogen-bond acceptors (Lipinski definition) is 10. The molecule has 4 aliphatic rings. The number of nitrogens with zero attached hydrogens (tertiary/aromatic N) is 8. The molecule has 4 fully saturated rings. The summed E-state index contributed by atoms with van der Waals surface area (Å²) < 4.78 is 43.4. The fourth-order valence-electron chi connectivity index (χ4n) is 8.65. The lowest BCUT2D eigenvalue weighted by Gasteiger charge is -2.41. The van der Waals surface area contributed by atoms with Gasteiger partial charge in [-0.05, 0) is 37.3 Å². The summed E-state index contributed by atoms with van der Waals surface area (Å²) in [6.07, 6.45) is 7.27. The molecule has 1 amide bonds. The number of hydrogen-bond donors (Lipinski definition) is 0. The normalized spacial score (nSPS) is 24.0. The van der Waals surface area contributed by atoms with Crippen LogP contribution in [-0.2, 0) is 9.53 Å². The molecule has 4 saturated heterocycles. The van der Waals surface area contributed by atoms with E-state index in [0.29, 0.717) is 66.4 Å². The van der Waals surface area contributed by atoms with E-state index in [-0.39, 0.29) is 42.7 Å². The monoisotopic (exact) mass is 756 g/mol. The first-order valence-corrected chi connectivity index (χ1v) is 19.2. The van der Waals surface area contributed by atoms with Gasteiger partial charge in [-0.3, -0.25) is 19.6 Å². The molecule has 0 aliphatic carbocycles. The molecule has 2 aromatic heterocycles. The van der Waals surface area contributed by atoms with Gasteiger partial charge in [0.05, 0.1) is 36.1 Å². The minimum atomic E-state index is -0.935. The number of aromatic nitrogens is 3. The van der Waals surface area contributed by atoms with Crippen LogP contribution in [0.1, 0.15) is 32.1 Å². The maximum Gasteiger partial charge on any atom is 0.319 e. The highest BCUT2D eigenvalue weighted by Crippen LogP contribution is 2.41. The Hall–Kier alpha value is -4.48. The van der Waals surface area contributed by atoms with Gasteiger partial charge in [-0.15, -0.1) is 0 Å². The maximum absolute atomic E-state index is 16.9. The Bertz CT molecular complexity index is 2100. The van der Waals surface area contributed by atoms with Crippen molar-refractivity contribution in [3.8, 4) is 23.3 Å². The lowest BCUT2D eigenvalue weighted by molar-refractivity contribution is -0.128. The third-order valence-electron chi connectivity index (χ3n) is 11.3. The lowest BCUT2D eigenvalue weighted by atomic mass is 9.95. The van der Waals surface area contributed by atoms with Gasteiger partial charge in [-0.1, -0.05) is 48.0 Å². The Balaban J connectivity index is 1.12. The summed E-state index contributed by atoms with van der Waals surface area (Å²) in [6, 6.07) is 12.8. The van der Waals surface area contributed by atoms with Crippen LogP contribution in [0.25, 0.3) is 32.9 Å². The molecule has 14 heteroatoms. The van der Waals surface area contributed by atoms with Crippen molar-refractivity contribution in [3.63, 3.8) is 0 Å². The standard InChI is InChI=1S/C40H43ClF2N8O3/c41-32-9-2-7-27-6-1-8-30(34(27)32)36-35(43)37-31(23-45-36)38(47-39(46-37)54-26-40-12-4-16-50(40)24-28(42)22-40)49-17-18-51(29(25-49)11-13-44)33(52)10-3-14-48-15-5-20-53-21-19-48/h1-3,6-10,23,28-29H,4-5,11-12,14-22,24-26H2/b10-3+/t28-,29+,40+/m1/s1. The van der Waals surface area contributed by atoms with Crippen LogP contribution < -0.4 is 9.64 Å². The van der Waals surface area contributed by atoms with Gasteiger partial charge in [0.15, 0.2) is 5.82 Å². The van der Waals surface area contributed by atoms with E-state index in [4.69, 9.17) is 26.1 Å². The summed E-state index contributed by atoms with van der Waals surface area (Å²) in [4.78, 5) is 35.6. The third-order valence-corrected chi connectivity index (χ3v) is 11.6. The maximum atomic E-state index is 16.9. The van der Waals surface area contributed by atoms with Gasteiger partial charge in [0.2, 0.25) is 5.91 Å². The zero-order valence-electron chi connectivity index (χ0n) is 30.1. The Kier molecular flexibility index (Phi) is 10.6. The van der Waals surface area contributed by atoms with Gasteiger partial charge >= 0.3 is 6.01 Å². The van der Waals surface area contributed by atoms with Crippen LogP contribution in [0.2, 0.25) is 5.02 Å². The molecule has 2 aromatic carbocycles. The predicted octanol–water partition coefficient (Wildman–Crippen LogP) is 5.80. The molecule has 6 heterocycles. The van der Waals surface area contributed by atoms with Crippen molar-refractivity contribution in [2.75, 3.05) is 77.1 Å². The van der Waals surface area contributed by atoms with E-state index >= 15 is 4.39 Å². The van der Waals surface area contributed by atoms with Crippen LogP contribution in [0.5, 0.6) is 6.01 Å². The van der Waals surface area contributed by atoms with E-state index in [9.17, 15) is 14.4 Å². The summed E-state index contributed by atoms with van der Waals surface area (Å²) in [5.41, 5.74) is 0.180. The van der Waals surface area contributed by atoms with Gasteiger partial charge in [-0.25, -0.2) is 8.78 Å². The van der Waals surface area contributed by atoms with Crippen LogP contribution in [0.3, 0.4) is 0 Å². The number of fused-ring (bicyclic) bond motifs is 3. The molecule has 0 unspecified atom stereocenters. The molecule has 0 bridgehead atoms. The molecule has 8 rings (SSSR count). The van der Waals surface area contributed by atoms with E-state index in [1.165, 1.54) is 0 Å². The van der Waals surface area contributed by atoms with Crippen molar-refractivity contribution in [1.29, 1.82) is 5.26 Å². The Labute approximate surface area is 318 Å². The van der Waals surface area contributed by atoms with Gasteiger partial charge in [-0.2, -0.15) is 15.2 Å². The van der Waals surface area contributed by atoms with Crippen molar-refractivity contribution in [3.05, 3.63) is 65.6 Å². The minimum Gasteiger partial charge on any atom is -0.461 e.